The van der Waals surface area contributed by atoms with Crippen LogP contribution in [0.1, 0.15) is 28.8 Å². The van der Waals surface area contributed by atoms with Gasteiger partial charge in [0, 0.05) is 17.2 Å². The SMILES string of the molecule is CCCn1cc(Br)cc1C(=O)Nc1nnc(C)s1. The van der Waals surface area contributed by atoms with Gasteiger partial charge in [-0.3, -0.25) is 10.1 Å². The predicted octanol–water partition coefficient (Wildman–Crippen LogP) is 3.07. The molecule has 1 N–H and O–H groups in total. The highest BCUT2D eigenvalue weighted by Crippen LogP contribution is 2.19. The van der Waals surface area contributed by atoms with Crippen molar-refractivity contribution in [2.75, 3.05) is 5.32 Å². The lowest BCUT2D eigenvalue weighted by molar-refractivity contribution is 0.101. The van der Waals surface area contributed by atoms with E-state index in [0.717, 1.165) is 22.4 Å². The van der Waals surface area contributed by atoms with Gasteiger partial charge in [0.05, 0.1) is 0 Å². The highest BCUT2D eigenvalue weighted by molar-refractivity contribution is 9.10. The van der Waals surface area contributed by atoms with Crippen LogP contribution < -0.4 is 5.32 Å². The molecule has 18 heavy (non-hydrogen) atoms. The summed E-state index contributed by atoms with van der Waals surface area (Å²) in [7, 11) is 0. The standard InChI is InChI=1S/C11H13BrN4OS/c1-3-4-16-6-8(12)5-9(16)10(17)13-11-15-14-7(2)18-11/h5-6H,3-4H2,1-2H3,(H,13,15,17). The quantitative estimate of drug-likeness (QED) is 0.938. The van der Waals surface area contributed by atoms with E-state index in [1.807, 2.05) is 17.7 Å². The van der Waals surface area contributed by atoms with Gasteiger partial charge in [0.25, 0.3) is 5.91 Å². The molecule has 0 aromatic carbocycles. The van der Waals surface area contributed by atoms with E-state index in [1.54, 1.807) is 6.07 Å². The number of anilines is 1. The number of aryl methyl sites for hydroxylation is 2. The summed E-state index contributed by atoms with van der Waals surface area (Å²) in [6.07, 6.45) is 2.88. The van der Waals surface area contributed by atoms with Crippen LogP contribution in [0.2, 0.25) is 0 Å². The number of nitrogens with zero attached hydrogens (tertiary/aromatic N) is 3. The number of hydrogen-bond acceptors (Lipinski definition) is 4. The third kappa shape index (κ3) is 2.97. The Balaban J connectivity index is 2.17. The molecule has 0 aliphatic heterocycles. The number of amides is 1. The molecule has 0 saturated heterocycles. The summed E-state index contributed by atoms with van der Waals surface area (Å²) in [5, 5.41) is 11.9. The molecule has 0 atom stereocenters. The number of hydrogen-bond donors (Lipinski definition) is 1. The van der Waals surface area contributed by atoms with Crippen molar-refractivity contribution in [2.45, 2.75) is 26.8 Å². The van der Waals surface area contributed by atoms with Gasteiger partial charge in [-0.25, -0.2) is 0 Å². The minimum atomic E-state index is -0.162. The molecular formula is C11H13BrN4OS. The lowest BCUT2D eigenvalue weighted by Gasteiger charge is -2.06. The number of carbonyl (C=O) groups is 1. The molecule has 2 rings (SSSR count). The molecule has 5 nitrogen and oxygen atoms in total. The molecule has 0 radical (unpaired) electrons. The molecule has 0 spiro atoms. The van der Waals surface area contributed by atoms with Gasteiger partial charge >= 0.3 is 0 Å². The van der Waals surface area contributed by atoms with E-state index in [4.69, 9.17) is 0 Å². The molecule has 0 saturated carbocycles. The maximum atomic E-state index is 12.1. The van der Waals surface area contributed by atoms with Gasteiger partial charge < -0.3 is 4.57 Å². The van der Waals surface area contributed by atoms with E-state index in [9.17, 15) is 4.79 Å². The summed E-state index contributed by atoms with van der Waals surface area (Å²) in [4.78, 5) is 12.1. The van der Waals surface area contributed by atoms with Gasteiger partial charge in [0.1, 0.15) is 10.7 Å². The Morgan fingerprint density at radius 1 is 1.56 bits per heavy atom. The van der Waals surface area contributed by atoms with Crippen molar-refractivity contribution in [1.29, 1.82) is 0 Å². The minimum absolute atomic E-state index is 0.162. The van der Waals surface area contributed by atoms with Crippen LogP contribution in [-0.4, -0.2) is 20.7 Å². The Kier molecular flexibility index (Phi) is 4.13. The van der Waals surface area contributed by atoms with Crippen LogP contribution >= 0.6 is 27.3 Å². The highest BCUT2D eigenvalue weighted by atomic mass is 79.9. The molecule has 0 fully saturated rings. The molecular weight excluding hydrogens is 316 g/mol. The van der Waals surface area contributed by atoms with Gasteiger partial charge in [-0.05, 0) is 35.3 Å². The van der Waals surface area contributed by atoms with Gasteiger partial charge in [0.15, 0.2) is 0 Å². The van der Waals surface area contributed by atoms with E-state index < -0.39 is 0 Å². The number of halogens is 1. The smallest absolute Gasteiger partial charge is 0.274 e. The lowest BCUT2D eigenvalue weighted by Crippen LogP contribution is -2.16. The predicted molar refractivity (Wildman–Crippen MR) is 75.0 cm³/mol. The third-order valence-electron chi connectivity index (χ3n) is 2.31. The number of aromatic nitrogens is 3. The normalized spacial score (nSPS) is 10.6. The van der Waals surface area contributed by atoms with Gasteiger partial charge in [-0.2, -0.15) is 0 Å². The molecule has 0 unspecified atom stereocenters. The summed E-state index contributed by atoms with van der Waals surface area (Å²) < 4.78 is 2.82. The van der Waals surface area contributed by atoms with Gasteiger partial charge in [0.2, 0.25) is 5.13 Å². The van der Waals surface area contributed by atoms with E-state index in [1.165, 1.54) is 11.3 Å². The Bertz CT molecular complexity index is 563. The molecule has 2 aromatic heterocycles. The average molecular weight is 329 g/mol. The van der Waals surface area contributed by atoms with E-state index in [-0.39, 0.29) is 5.91 Å². The first-order valence-electron chi connectivity index (χ1n) is 5.57. The summed E-state index contributed by atoms with van der Waals surface area (Å²) in [6.45, 7) is 4.73. The number of carbonyl (C=O) groups excluding carboxylic acids is 1. The summed E-state index contributed by atoms with van der Waals surface area (Å²) >= 11 is 4.75. The van der Waals surface area contributed by atoms with Crippen LogP contribution in [0.25, 0.3) is 0 Å². The first kappa shape index (κ1) is 13.2. The largest absolute Gasteiger partial charge is 0.342 e. The summed E-state index contributed by atoms with van der Waals surface area (Å²) in [6, 6.07) is 1.80. The van der Waals surface area contributed by atoms with Crippen molar-refractivity contribution < 1.29 is 4.79 Å². The van der Waals surface area contributed by atoms with Crippen molar-refractivity contribution in [1.82, 2.24) is 14.8 Å². The van der Waals surface area contributed by atoms with Crippen molar-refractivity contribution in [2.24, 2.45) is 0 Å². The first-order chi connectivity index (χ1) is 8.60. The Hall–Kier alpha value is -1.21. The summed E-state index contributed by atoms with van der Waals surface area (Å²) in [5.41, 5.74) is 0.622. The van der Waals surface area contributed by atoms with Crippen LogP contribution in [0.5, 0.6) is 0 Å². The highest BCUT2D eigenvalue weighted by Gasteiger charge is 2.14. The molecule has 2 aromatic rings. The first-order valence-corrected chi connectivity index (χ1v) is 7.18. The Morgan fingerprint density at radius 3 is 2.94 bits per heavy atom. The average Bonchev–Trinajstić information content (AvgIpc) is 2.86. The second kappa shape index (κ2) is 5.62. The molecule has 96 valence electrons. The Labute approximate surface area is 117 Å². The zero-order valence-electron chi connectivity index (χ0n) is 10.1. The van der Waals surface area contributed by atoms with Crippen LogP contribution in [-0.2, 0) is 6.54 Å². The number of rotatable bonds is 4. The van der Waals surface area contributed by atoms with Crippen molar-refractivity contribution in [3.8, 4) is 0 Å². The van der Waals surface area contributed by atoms with Crippen LogP contribution in [0.4, 0.5) is 5.13 Å². The fourth-order valence-electron chi connectivity index (χ4n) is 1.60. The maximum Gasteiger partial charge on any atom is 0.274 e. The molecule has 0 bridgehead atoms. The second-order valence-electron chi connectivity index (χ2n) is 3.82. The summed E-state index contributed by atoms with van der Waals surface area (Å²) in [5.74, 6) is -0.162. The van der Waals surface area contributed by atoms with E-state index in [2.05, 4.69) is 38.4 Å². The van der Waals surface area contributed by atoms with E-state index in [0.29, 0.717) is 10.8 Å². The number of nitrogens with one attached hydrogen (secondary N) is 1. The molecule has 0 aliphatic carbocycles. The minimum Gasteiger partial charge on any atom is -0.342 e. The second-order valence-corrected chi connectivity index (χ2v) is 5.91. The zero-order chi connectivity index (χ0) is 13.1. The van der Waals surface area contributed by atoms with E-state index >= 15 is 0 Å². The lowest BCUT2D eigenvalue weighted by atomic mass is 10.4. The monoisotopic (exact) mass is 328 g/mol. The van der Waals surface area contributed by atoms with Crippen LogP contribution in [0.3, 0.4) is 0 Å². The van der Waals surface area contributed by atoms with Crippen molar-refractivity contribution >= 4 is 38.3 Å². The van der Waals surface area contributed by atoms with Gasteiger partial charge in [-0.15, -0.1) is 10.2 Å². The zero-order valence-corrected chi connectivity index (χ0v) is 12.5. The van der Waals surface area contributed by atoms with Crippen LogP contribution in [0.15, 0.2) is 16.7 Å². The Morgan fingerprint density at radius 2 is 2.33 bits per heavy atom. The fraction of sp³-hybridized carbons (Fsp3) is 0.364. The molecule has 0 aliphatic rings. The van der Waals surface area contributed by atoms with Crippen molar-refractivity contribution in [3.05, 3.63) is 27.4 Å². The van der Waals surface area contributed by atoms with Crippen molar-refractivity contribution in [3.63, 3.8) is 0 Å². The van der Waals surface area contributed by atoms with Gasteiger partial charge in [-0.1, -0.05) is 18.3 Å². The topological polar surface area (TPSA) is 59.8 Å². The van der Waals surface area contributed by atoms with Crippen LogP contribution in [0, 0.1) is 6.92 Å². The molecule has 2 heterocycles. The molecule has 7 heteroatoms. The maximum absolute atomic E-state index is 12.1. The fourth-order valence-corrected chi connectivity index (χ4v) is 2.65. The molecule has 1 amide bonds. The third-order valence-corrected chi connectivity index (χ3v) is 3.49.